The number of aromatic hydroxyl groups is 1. The topological polar surface area (TPSA) is 49.8 Å². The highest BCUT2D eigenvalue weighted by atomic mass is 16.5. The Hall–Kier alpha value is -2.15. The Labute approximate surface area is 113 Å². The molecule has 19 heavy (non-hydrogen) atoms. The molecular formula is C15H17NO3. The second-order valence-electron chi connectivity index (χ2n) is 4.72. The van der Waals surface area contributed by atoms with Crippen LogP contribution in [-0.4, -0.2) is 36.1 Å². The molecule has 0 aliphatic heterocycles. The maximum atomic E-state index is 12.4. The van der Waals surface area contributed by atoms with Crippen LogP contribution in [0.4, 0.5) is 0 Å². The standard InChI is InChI=1S/C15H17NO3/c1-3-8-16(10-11-4-5-11)15(18)13-9-12(19-2)6-7-14(13)17/h1,6-7,9,11,17H,4-5,8,10H2,2H3. The first-order chi connectivity index (χ1) is 9.15. The molecule has 1 aliphatic carbocycles. The summed E-state index contributed by atoms with van der Waals surface area (Å²) < 4.78 is 5.07. The first kappa shape index (κ1) is 13.3. The number of phenolic OH excluding ortho intramolecular Hbond substituents is 1. The Balaban J connectivity index is 2.22. The van der Waals surface area contributed by atoms with Crippen molar-refractivity contribution in [2.75, 3.05) is 20.2 Å². The van der Waals surface area contributed by atoms with Crippen molar-refractivity contribution < 1.29 is 14.6 Å². The van der Waals surface area contributed by atoms with Crippen LogP contribution in [0.3, 0.4) is 0 Å². The van der Waals surface area contributed by atoms with E-state index in [2.05, 4.69) is 5.92 Å². The molecule has 2 rings (SSSR count). The number of benzene rings is 1. The van der Waals surface area contributed by atoms with Crippen LogP contribution in [-0.2, 0) is 0 Å². The van der Waals surface area contributed by atoms with Gasteiger partial charge >= 0.3 is 0 Å². The zero-order chi connectivity index (χ0) is 13.8. The van der Waals surface area contributed by atoms with E-state index in [0.29, 0.717) is 18.2 Å². The summed E-state index contributed by atoms with van der Waals surface area (Å²) in [6.45, 7) is 0.908. The minimum Gasteiger partial charge on any atom is -0.507 e. The molecular weight excluding hydrogens is 242 g/mol. The van der Waals surface area contributed by atoms with Crippen molar-refractivity contribution in [1.29, 1.82) is 0 Å². The summed E-state index contributed by atoms with van der Waals surface area (Å²) in [5.74, 6) is 3.27. The SMILES string of the molecule is C#CCN(CC1CC1)C(=O)c1cc(OC)ccc1O. The van der Waals surface area contributed by atoms with Crippen LogP contribution >= 0.6 is 0 Å². The van der Waals surface area contributed by atoms with Gasteiger partial charge in [-0.2, -0.15) is 0 Å². The smallest absolute Gasteiger partial charge is 0.258 e. The summed E-state index contributed by atoms with van der Waals surface area (Å²) in [4.78, 5) is 14.0. The molecule has 0 radical (unpaired) electrons. The number of rotatable bonds is 5. The number of carbonyl (C=O) groups is 1. The lowest BCUT2D eigenvalue weighted by molar-refractivity contribution is 0.0766. The number of methoxy groups -OCH3 is 1. The number of hydrogen-bond acceptors (Lipinski definition) is 3. The fraction of sp³-hybridized carbons (Fsp3) is 0.400. The largest absolute Gasteiger partial charge is 0.507 e. The monoisotopic (exact) mass is 259 g/mol. The third kappa shape index (κ3) is 3.19. The molecule has 100 valence electrons. The predicted octanol–water partition coefficient (Wildman–Crippen LogP) is 1.89. The highest BCUT2D eigenvalue weighted by Gasteiger charge is 2.28. The van der Waals surface area contributed by atoms with Gasteiger partial charge in [0.05, 0.1) is 19.2 Å². The van der Waals surface area contributed by atoms with Crippen LogP contribution in [0.1, 0.15) is 23.2 Å². The van der Waals surface area contributed by atoms with Gasteiger partial charge in [0.1, 0.15) is 11.5 Å². The number of carbonyl (C=O) groups excluding carboxylic acids is 1. The fourth-order valence-electron chi connectivity index (χ4n) is 1.93. The van der Waals surface area contributed by atoms with E-state index in [1.807, 2.05) is 0 Å². The van der Waals surface area contributed by atoms with Crippen LogP contribution in [0.2, 0.25) is 0 Å². The molecule has 0 atom stereocenters. The van der Waals surface area contributed by atoms with Gasteiger partial charge in [0.2, 0.25) is 0 Å². The van der Waals surface area contributed by atoms with Gasteiger partial charge < -0.3 is 14.7 Å². The highest BCUT2D eigenvalue weighted by molar-refractivity contribution is 5.97. The van der Waals surface area contributed by atoms with E-state index in [4.69, 9.17) is 11.2 Å². The first-order valence-electron chi connectivity index (χ1n) is 6.25. The summed E-state index contributed by atoms with van der Waals surface area (Å²) >= 11 is 0. The van der Waals surface area contributed by atoms with Crippen molar-refractivity contribution in [1.82, 2.24) is 4.90 Å². The maximum absolute atomic E-state index is 12.4. The number of hydrogen-bond donors (Lipinski definition) is 1. The van der Waals surface area contributed by atoms with Crippen molar-refractivity contribution in [2.24, 2.45) is 5.92 Å². The summed E-state index contributed by atoms with van der Waals surface area (Å²) in [5.41, 5.74) is 0.232. The molecule has 0 spiro atoms. The third-order valence-electron chi connectivity index (χ3n) is 3.18. The lowest BCUT2D eigenvalue weighted by atomic mass is 10.1. The number of terminal acetylenes is 1. The van der Waals surface area contributed by atoms with Crippen LogP contribution in [0.15, 0.2) is 18.2 Å². The summed E-state index contributed by atoms with van der Waals surface area (Å²) in [6.07, 6.45) is 7.58. The second kappa shape index (κ2) is 5.66. The van der Waals surface area contributed by atoms with Crippen molar-refractivity contribution in [3.05, 3.63) is 23.8 Å². The van der Waals surface area contributed by atoms with E-state index in [9.17, 15) is 9.90 Å². The lowest BCUT2D eigenvalue weighted by Gasteiger charge is -2.20. The van der Waals surface area contributed by atoms with Crippen LogP contribution in [0, 0.1) is 18.3 Å². The van der Waals surface area contributed by atoms with Crippen molar-refractivity contribution in [3.63, 3.8) is 0 Å². The Kier molecular flexibility index (Phi) is 3.96. The van der Waals surface area contributed by atoms with Crippen molar-refractivity contribution in [3.8, 4) is 23.8 Å². The predicted molar refractivity (Wildman–Crippen MR) is 72.1 cm³/mol. The molecule has 1 amide bonds. The molecule has 1 saturated carbocycles. The normalized spacial score (nSPS) is 13.7. The maximum Gasteiger partial charge on any atom is 0.258 e. The Bertz CT molecular complexity index is 515. The molecule has 0 unspecified atom stereocenters. The number of amides is 1. The molecule has 1 fully saturated rings. The van der Waals surface area contributed by atoms with Gasteiger partial charge in [-0.1, -0.05) is 5.92 Å². The summed E-state index contributed by atoms with van der Waals surface area (Å²) in [7, 11) is 1.52. The van der Waals surface area contributed by atoms with Crippen LogP contribution in [0.25, 0.3) is 0 Å². The Morgan fingerprint density at radius 3 is 2.89 bits per heavy atom. The zero-order valence-electron chi connectivity index (χ0n) is 10.9. The van der Waals surface area contributed by atoms with E-state index >= 15 is 0 Å². The van der Waals surface area contributed by atoms with Gasteiger partial charge in [-0.25, -0.2) is 0 Å². The van der Waals surface area contributed by atoms with Crippen LogP contribution in [0.5, 0.6) is 11.5 Å². The molecule has 0 bridgehead atoms. The molecule has 4 nitrogen and oxygen atoms in total. The third-order valence-corrected chi connectivity index (χ3v) is 3.18. The highest BCUT2D eigenvalue weighted by Crippen LogP contribution is 2.31. The average Bonchev–Trinajstić information content (AvgIpc) is 3.22. The van der Waals surface area contributed by atoms with Gasteiger partial charge in [0.25, 0.3) is 5.91 Å². The van der Waals surface area contributed by atoms with E-state index < -0.39 is 0 Å². The number of nitrogens with zero attached hydrogens (tertiary/aromatic N) is 1. The van der Waals surface area contributed by atoms with E-state index in [1.165, 1.54) is 19.2 Å². The van der Waals surface area contributed by atoms with Gasteiger partial charge in [-0.3, -0.25) is 4.79 Å². The quantitative estimate of drug-likeness (QED) is 0.821. The van der Waals surface area contributed by atoms with Gasteiger partial charge in [-0.05, 0) is 37.0 Å². The van der Waals surface area contributed by atoms with Crippen molar-refractivity contribution in [2.45, 2.75) is 12.8 Å². The minimum absolute atomic E-state index is 0.0522. The average molecular weight is 259 g/mol. The van der Waals surface area contributed by atoms with Gasteiger partial charge in [0, 0.05) is 6.54 Å². The fourth-order valence-corrected chi connectivity index (χ4v) is 1.93. The Morgan fingerprint density at radius 2 is 2.32 bits per heavy atom. The molecule has 1 aromatic rings. The van der Waals surface area contributed by atoms with E-state index in [-0.39, 0.29) is 23.8 Å². The first-order valence-corrected chi connectivity index (χ1v) is 6.25. The molecule has 1 aliphatic rings. The van der Waals surface area contributed by atoms with Gasteiger partial charge in [-0.15, -0.1) is 6.42 Å². The zero-order valence-corrected chi connectivity index (χ0v) is 10.9. The van der Waals surface area contributed by atoms with Crippen LogP contribution < -0.4 is 4.74 Å². The molecule has 0 saturated heterocycles. The Morgan fingerprint density at radius 1 is 1.58 bits per heavy atom. The second-order valence-corrected chi connectivity index (χ2v) is 4.72. The van der Waals surface area contributed by atoms with E-state index in [0.717, 1.165) is 12.8 Å². The molecule has 1 N–H and O–H groups in total. The lowest BCUT2D eigenvalue weighted by Crippen LogP contribution is -2.33. The van der Waals surface area contributed by atoms with Crippen molar-refractivity contribution >= 4 is 5.91 Å². The summed E-state index contributed by atoms with van der Waals surface area (Å²) in [5, 5.41) is 9.81. The molecule has 0 aromatic heterocycles. The van der Waals surface area contributed by atoms with E-state index in [1.54, 1.807) is 11.0 Å². The summed E-state index contributed by atoms with van der Waals surface area (Å²) in [6, 6.07) is 4.60. The number of ether oxygens (including phenoxy) is 1. The minimum atomic E-state index is -0.249. The molecule has 4 heteroatoms. The van der Waals surface area contributed by atoms with Gasteiger partial charge in [0.15, 0.2) is 0 Å². The number of phenols is 1. The molecule has 0 heterocycles. The molecule has 1 aromatic carbocycles.